The van der Waals surface area contributed by atoms with Crippen LogP contribution in [-0.2, 0) is 0 Å². The summed E-state index contributed by atoms with van der Waals surface area (Å²) in [5.41, 5.74) is 9.62. The van der Waals surface area contributed by atoms with E-state index in [4.69, 9.17) is 5.73 Å². The Hall–Kier alpha value is -2.73. The predicted molar refractivity (Wildman–Crippen MR) is 84.4 cm³/mol. The van der Waals surface area contributed by atoms with Gasteiger partial charge in [0, 0.05) is 23.0 Å². The summed E-state index contributed by atoms with van der Waals surface area (Å²) in [4.78, 5) is 8.59. The van der Waals surface area contributed by atoms with Gasteiger partial charge in [-0.2, -0.15) is 5.10 Å². The molecule has 4 aromatic rings. The van der Waals surface area contributed by atoms with Crippen LogP contribution in [-0.4, -0.2) is 19.7 Å². The number of para-hydroxylation sites is 1. The van der Waals surface area contributed by atoms with Gasteiger partial charge in [-0.25, -0.2) is 14.6 Å². The molecule has 0 saturated carbocycles. The molecule has 21 heavy (non-hydrogen) atoms. The van der Waals surface area contributed by atoms with Crippen molar-refractivity contribution in [3.8, 4) is 16.9 Å². The summed E-state index contributed by atoms with van der Waals surface area (Å²) in [5, 5.41) is 6.41. The summed E-state index contributed by atoms with van der Waals surface area (Å²) in [6.07, 6.45) is 5.29. The number of anilines is 1. The summed E-state index contributed by atoms with van der Waals surface area (Å²) >= 11 is 1.61. The molecule has 0 fully saturated rings. The molecule has 0 amide bonds. The van der Waals surface area contributed by atoms with Crippen molar-refractivity contribution in [2.45, 2.75) is 0 Å². The smallest absolute Gasteiger partial charge is 0.174 e. The Labute approximate surface area is 124 Å². The van der Waals surface area contributed by atoms with Gasteiger partial charge in [-0.05, 0) is 17.5 Å². The molecule has 0 saturated heterocycles. The van der Waals surface area contributed by atoms with E-state index >= 15 is 0 Å². The first-order valence-corrected chi connectivity index (χ1v) is 7.29. The molecular formula is C15H11N5S. The van der Waals surface area contributed by atoms with Gasteiger partial charge in [0.05, 0.1) is 16.4 Å². The second-order valence-electron chi connectivity index (χ2n) is 4.59. The number of nitrogen functional groups attached to an aromatic ring is 1. The van der Waals surface area contributed by atoms with Crippen LogP contribution in [0, 0.1) is 0 Å². The second kappa shape index (κ2) is 4.68. The first kappa shape index (κ1) is 12.0. The van der Waals surface area contributed by atoms with Crippen LogP contribution < -0.4 is 5.73 Å². The molecule has 2 N–H and O–H groups in total. The molecule has 0 bridgehead atoms. The van der Waals surface area contributed by atoms with Gasteiger partial charge in [-0.1, -0.05) is 18.2 Å². The van der Waals surface area contributed by atoms with E-state index in [1.807, 2.05) is 41.9 Å². The van der Waals surface area contributed by atoms with Gasteiger partial charge in [-0.3, -0.25) is 0 Å². The lowest BCUT2D eigenvalue weighted by Crippen LogP contribution is -1.98. The minimum absolute atomic E-state index is 0.737. The zero-order valence-corrected chi connectivity index (χ0v) is 11.8. The number of nitrogens with zero attached hydrogens (tertiary/aromatic N) is 4. The van der Waals surface area contributed by atoms with Crippen LogP contribution in [0.5, 0.6) is 0 Å². The lowest BCUT2D eigenvalue weighted by atomic mass is 10.1. The maximum absolute atomic E-state index is 6.01. The highest BCUT2D eigenvalue weighted by molar-refractivity contribution is 7.17. The Kier molecular flexibility index (Phi) is 2.68. The number of thiophene rings is 1. The third kappa shape index (κ3) is 1.96. The minimum atomic E-state index is 0.737. The molecule has 3 heterocycles. The van der Waals surface area contributed by atoms with Crippen LogP contribution in [0.15, 0.2) is 54.4 Å². The maximum Gasteiger partial charge on any atom is 0.174 e. The summed E-state index contributed by atoms with van der Waals surface area (Å²) in [7, 11) is 0. The van der Waals surface area contributed by atoms with Crippen molar-refractivity contribution in [2.24, 2.45) is 0 Å². The normalized spacial score (nSPS) is 11.0. The summed E-state index contributed by atoms with van der Waals surface area (Å²) in [5.74, 6) is 0.788. The lowest BCUT2D eigenvalue weighted by Gasteiger charge is -2.02. The highest BCUT2D eigenvalue weighted by Gasteiger charge is 2.10. The van der Waals surface area contributed by atoms with Gasteiger partial charge in [0.2, 0.25) is 0 Å². The standard InChI is InChI=1S/C15H11N5S/c16-12-4-2-1-3-11(12)10-7-19-20(8-10)15-14-13(5-6-21-14)17-9-18-15/h1-9H,16H2. The number of aromatic nitrogens is 4. The molecule has 102 valence electrons. The molecule has 5 nitrogen and oxygen atoms in total. The number of hydrogen-bond donors (Lipinski definition) is 1. The zero-order chi connectivity index (χ0) is 14.2. The van der Waals surface area contributed by atoms with Crippen LogP contribution in [0.25, 0.3) is 27.2 Å². The third-order valence-electron chi connectivity index (χ3n) is 3.30. The highest BCUT2D eigenvalue weighted by atomic mass is 32.1. The van der Waals surface area contributed by atoms with Crippen molar-refractivity contribution in [3.63, 3.8) is 0 Å². The molecule has 0 unspecified atom stereocenters. The van der Waals surface area contributed by atoms with E-state index < -0.39 is 0 Å². The van der Waals surface area contributed by atoms with Crippen LogP contribution in [0.1, 0.15) is 0 Å². The van der Waals surface area contributed by atoms with E-state index in [1.54, 1.807) is 28.5 Å². The van der Waals surface area contributed by atoms with Crippen molar-refractivity contribution in [1.82, 2.24) is 19.7 Å². The summed E-state index contributed by atoms with van der Waals surface area (Å²) < 4.78 is 2.79. The average Bonchev–Trinajstić information content (AvgIpc) is 3.16. The van der Waals surface area contributed by atoms with Gasteiger partial charge in [0.15, 0.2) is 5.82 Å². The van der Waals surface area contributed by atoms with Crippen molar-refractivity contribution < 1.29 is 0 Å². The molecule has 6 heteroatoms. The molecular weight excluding hydrogens is 282 g/mol. The molecule has 0 atom stereocenters. The summed E-state index contributed by atoms with van der Waals surface area (Å²) in [6, 6.07) is 9.73. The van der Waals surface area contributed by atoms with E-state index in [0.717, 1.165) is 32.8 Å². The van der Waals surface area contributed by atoms with Crippen molar-refractivity contribution in [3.05, 3.63) is 54.4 Å². The SMILES string of the molecule is Nc1ccccc1-c1cnn(-c2ncnc3ccsc23)c1. The number of fused-ring (bicyclic) bond motifs is 1. The second-order valence-corrected chi connectivity index (χ2v) is 5.51. The topological polar surface area (TPSA) is 69.6 Å². The van der Waals surface area contributed by atoms with Gasteiger partial charge >= 0.3 is 0 Å². The van der Waals surface area contributed by atoms with E-state index in [9.17, 15) is 0 Å². The van der Waals surface area contributed by atoms with E-state index in [0.29, 0.717) is 0 Å². The van der Waals surface area contributed by atoms with Crippen molar-refractivity contribution in [1.29, 1.82) is 0 Å². The number of hydrogen-bond acceptors (Lipinski definition) is 5. The fourth-order valence-corrected chi connectivity index (χ4v) is 3.10. The Balaban J connectivity index is 1.85. The maximum atomic E-state index is 6.01. The Morgan fingerprint density at radius 2 is 2.00 bits per heavy atom. The summed E-state index contributed by atoms with van der Waals surface area (Å²) in [6.45, 7) is 0. The lowest BCUT2D eigenvalue weighted by molar-refractivity contribution is 0.853. The van der Waals surface area contributed by atoms with Gasteiger partial charge in [0.1, 0.15) is 6.33 Å². The van der Waals surface area contributed by atoms with E-state index in [-0.39, 0.29) is 0 Å². The van der Waals surface area contributed by atoms with Crippen LogP contribution in [0.3, 0.4) is 0 Å². The molecule has 1 aromatic carbocycles. The Morgan fingerprint density at radius 3 is 2.90 bits per heavy atom. The predicted octanol–water partition coefficient (Wildman–Crippen LogP) is 3.13. The molecule has 0 aliphatic heterocycles. The third-order valence-corrected chi connectivity index (χ3v) is 4.20. The minimum Gasteiger partial charge on any atom is -0.398 e. The molecule has 4 rings (SSSR count). The monoisotopic (exact) mass is 293 g/mol. The van der Waals surface area contributed by atoms with Crippen molar-refractivity contribution >= 4 is 27.2 Å². The fraction of sp³-hybridized carbons (Fsp3) is 0. The number of nitrogens with two attached hydrogens (primary N) is 1. The van der Waals surface area contributed by atoms with Crippen LogP contribution >= 0.6 is 11.3 Å². The van der Waals surface area contributed by atoms with Gasteiger partial charge < -0.3 is 5.73 Å². The van der Waals surface area contributed by atoms with Crippen LogP contribution in [0.2, 0.25) is 0 Å². The van der Waals surface area contributed by atoms with Crippen LogP contribution in [0.4, 0.5) is 5.69 Å². The molecule has 0 spiro atoms. The van der Waals surface area contributed by atoms with E-state index in [1.165, 1.54) is 0 Å². The molecule has 3 aromatic heterocycles. The van der Waals surface area contributed by atoms with Gasteiger partial charge in [0.25, 0.3) is 0 Å². The number of rotatable bonds is 2. The fourth-order valence-electron chi connectivity index (χ4n) is 2.28. The van der Waals surface area contributed by atoms with Crippen molar-refractivity contribution in [2.75, 3.05) is 5.73 Å². The Bertz CT molecular complexity index is 924. The zero-order valence-electron chi connectivity index (χ0n) is 11.0. The highest BCUT2D eigenvalue weighted by Crippen LogP contribution is 2.28. The molecule has 0 aliphatic rings. The molecule has 0 radical (unpaired) electrons. The van der Waals surface area contributed by atoms with E-state index in [2.05, 4.69) is 15.1 Å². The number of benzene rings is 1. The Morgan fingerprint density at radius 1 is 1.10 bits per heavy atom. The quantitative estimate of drug-likeness (QED) is 0.576. The molecule has 0 aliphatic carbocycles. The first-order valence-electron chi connectivity index (χ1n) is 6.41. The first-order chi connectivity index (χ1) is 10.3. The largest absolute Gasteiger partial charge is 0.398 e. The van der Waals surface area contributed by atoms with Gasteiger partial charge in [-0.15, -0.1) is 11.3 Å². The average molecular weight is 293 g/mol.